The van der Waals surface area contributed by atoms with Crippen LogP contribution in [0.4, 0.5) is 0 Å². The maximum absolute atomic E-state index is 5.31. The Morgan fingerprint density at radius 1 is 0.449 bits per heavy atom. The predicted octanol–water partition coefficient (Wildman–Crippen LogP) is 12.8. The highest BCUT2D eigenvalue weighted by molar-refractivity contribution is 7.21. The van der Waals surface area contributed by atoms with E-state index in [1.165, 1.54) is 54.8 Å². The molecule has 6 aromatic carbocycles. The van der Waals surface area contributed by atoms with Crippen molar-refractivity contribution in [2.24, 2.45) is 0 Å². The van der Waals surface area contributed by atoms with E-state index in [0.29, 0.717) is 0 Å². The standard InChI is InChI=1S/C46H36N2S/c1-3-31-13-17-33(18-14-31)37-8-5-10-39(26-37)42-28-43(40-11-6-9-38(27-40)34-19-15-32(4-2)16-20-34)45-44(29-42)49-46(48-45)36-23-21-35(22-24-36)41-12-7-25-47-30-41/h5-30H,3-4H2,1-2H3. The van der Waals surface area contributed by atoms with Gasteiger partial charge in [-0.1, -0.05) is 129 Å². The third-order valence-corrected chi connectivity index (χ3v) is 10.4. The fourth-order valence-electron chi connectivity index (χ4n) is 6.49. The monoisotopic (exact) mass is 648 g/mol. The van der Waals surface area contributed by atoms with Gasteiger partial charge < -0.3 is 0 Å². The second-order valence-electron chi connectivity index (χ2n) is 12.5. The number of benzene rings is 6. The van der Waals surface area contributed by atoms with E-state index in [1.807, 2.05) is 18.5 Å². The highest BCUT2D eigenvalue weighted by Gasteiger charge is 2.16. The van der Waals surface area contributed by atoms with Crippen LogP contribution in [0.5, 0.6) is 0 Å². The molecule has 236 valence electrons. The average molecular weight is 649 g/mol. The van der Waals surface area contributed by atoms with Gasteiger partial charge in [-0.2, -0.15) is 0 Å². The summed E-state index contributed by atoms with van der Waals surface area (Å²) in [5.41, 5.74) is 16.7. The van der Waals surface area contributed by atoms with Gasteiger partial charge in [0.25, 0.3) is 0 Å². The molecule has 0 saturated heterocycles. The molecule has 2 heterocycles. The van der Waals surface area contributed by atoms with Crippen LogP contribution in [0, 0.1) is 0 Å². The van der Waals surface area contributed by atoms with Gasteiger partial charge >= 0.3 is 0 Å². The molecule has 0 aliphatic carbocycles. The Kier molecular flexibility index (Phi) is 8.43. The Bertz CT molecular complexity index is 2370. The summed E-state index contributed by atoms with van der Waals surface area (Å²) in [6.45, 7) is 4.40. The molecule has 0 fully saturated rings. The lowest BCUT2D eigenvalue weighted by Crippen LogP contribution is -1.88. The van der Waals surface area contributed by atoms with Crippen molar-refractivity contribution in [2.75, 3.05) is 0 Å². The van der Waals surface area contributed by atoms with E-state index in [1.54, 1.807) is 11.3 Å². The third kappa shape index (κ3) is 6.34. The van der Waals surface area contributed by atoms with Gasteiger partial charge in [0.1, 0.15) is 5.01 Å². The van der Waals surface area contributed by atoms with Crippen LogP contribution in [0.3, 0.4) is 0 Å². The fraction of sp³-hybridized carbons (Fsp3) is 0.0870. The number of fused-ring (bicyclic) bond motifs is 1. The Labute approximate surface area is 292 Å². The van der Waals surface area contributed by atoms with Crippen LogP contribution in [0.15, 0.2) is 158 Å². The molecule has 0 aliphatic rings. The molecule has 3 heteroatoms. The molecule has 0 saturated carbocycles. The average Bonchev–Trinajstić information content (AvgIpc) is 3.63. The Morgan fingerprint density at radius 2 is 0.959 bits per heavy atom. The highest BCUT2D eigenvalue weighted by Crippen LogP contribution is 2.41. The summed E-state index contributed by atoms with van der Waals surface area (Å²) >= 11 is 1.76. The van der Waals surface area contributed by atoms with Crippen LogP contribution in [-0.4, -0.2) is 9.97 Å². The van der Waals surface area contributed by atoms with Crippen LogP contribution < -0.4 is 0 Å². The number of thiazole rings is 1. The first kappa shape index (κ1) is 30.7. The summed E-state index contributed by atoms with van der Waals surface area (Å²) in [5.74, 6) is 0. The zero-order valence-electron chi connectivity index (χ0n) is 27.7. The van der Waals surface area contributed by atoms with Gasteiger partial charge in [-0.05, 0) is 104 Å². The van der Waals surface area contributed by atoms with Gasteiger partial charge in [0, 0.05) is 23.5 Å². The van der Waals surface area contributed by atoms with Gasteiger partial charge in [-0.3, -0.25) is 4.98 Å². The molecule has 49 heavy (non-hydrogen) atoms. The summed E-state index contributed by atoms with van der Waals surface area (Å²) in [7, 11) is 0. The largest absolute Gasteiger partial charge is 0.264 e. The first-order valence-corrected chi connectivity index (χ1v) is 17.8. The molecule has 0 amide bonds. The summed E-state index contributed by atoms with van der Waals surface area (Å²) in [6.07, 6.45) is 5.79. The Hall–Kier alpha value is -5.64. The maximum Gasteiger partial charge on any atom is 0.124 e. The number of nitrogens with zero attached hydrogens (tertiary/aromatic N) is 2. The van der Waals surface area contributed by atoms with E-state index >= 15 is 0 Å². The second-order valence-corrected chi connectivity index (χ2v) is 13.5. The van der Waals surface area contributed by atoms with E-state index < -0.39 is 0 Å². The number of hydrogen-bond donors (Lipinski definition) is 0. The molecule has 0 radical (unpaired) electrons. The van der Waals surface area contributed by atoms with Crippen LogP contribution in [-0.2, 0) is 12.8 Å². The van der Waals surface area contributed by atoms with Crippen LogP contribution in [0.1, 0.15) is 25.0 Å². The summed E-state index contributed by atoms with van der Waals surface area (Å²) in [5, 5.41) is 1.02. The van der Waals surface area contributed by atoms with Crippen molar-refractivity contribution in [1.29, 1.82) is 0 Å². The van der Waals surface area contributed by atoms with E-state index in [9.17, 15) is 0 Å². The number of hydrogen-bond acceptors (Lipinski definition) is 3. The first-order chi connectivity index (χ1) is 24.1. The van der Waals surface area contributed by atoms with Crippen LogP contribution >= 0.6 is 11.3 Å². The predicted molar refractivity (Wildman–Crippen MR) is 209 cm³/mol. The SMILES string of the molecule is CCc1ccc(-c2cccc(-c3cc(-c4cccc(-c5ccc(CC)cc5)c4)c4nc(-c5ccc(-c6cccnc6)cc5)sc4c3)c2)cc1. The first-order valence-electron chi connectivity index (χ1n) is 17.0. The molecule has 0 aliphatic heterocycles. The number of rotatable bonds is 8. The van der Waals surface area contributed by atoms with Gasteiger partial charge in [-0.25, -0.2) is 4.98 Å². The summed E-state index contributed by atoms with van der Waals surface area (Å²) < 4.78 is 1.18. The molecular formula is C46H36N2S. The quantitative estimate of drug-likeness (QED) is 0.164. The minimum Gasteiger partial charge on any atom is -0.264 e. The smallest absolute Gasteiger partial charge is 0.124 e. The highest BCUT2D eigenvalue weighted by atomic mass is 32.1. The second kappa shape index (κ2) is 13.5. The minimum absolute atomic E-state index is 1.02. The molecule has 8 aromatic rings. The lowest BCUT2D eigenvalue weighted by molar-refractivity contribution is 1.14. The zero-order valence-corrected chi connectivity index (χ0v) is 28.5. The van der Waals surface area contributed by atoms with Gasteiger partial charge in [0.05, 0.1) is 10.2 Å². The van der Waals surface area contributed by atoms with Crippen molar-refractivity contribution in [3.8, 4) is 66.2 Å². The van der Waals surface area contributed by atoms with Crippen molar-refractivity contribution < 1.29 is 0 Å². The van der Waals surface area contributed by atoms with E-state index in [2.05, 4.69) is 158 Å². The molecule has 0 atom stereocenters. The Morgan fingerprint density at radius 3 is 1.55 bits per heavy atom. The molecule has 0 unspecified atom stereocenters. The molecule has 0 N–H and O–H groups in total. The topological polar surface area (TPSA) is 25.8 Å². The van der Waals surface area contributed by atoms with Gasteiger partial charge in [0.2, 0.25) is 0 Å². The fourth-order valence-corrected chi connectivity index (χ4v) is 7.53. The molecule has 0 spiro atoms. The van der Waals surface area contributed by atoms with Crippen molar-refractivity contribution in [1.82, 2.24) is 9.97 Å². The van der Waals surface area contributed by atoms with Gasteiger partial charge in [0.15, 0.2) is 0 Å². The summed E-state index contributed by atoms with van der Waals surface area (Å²) in [4.78, 5) is 9.60. The number of aromatic nitrogens is 2. The number of pyridine rings is 1. The van der Waals surface area contributed by atoms with Crippen molar-refractivity contribution in [3.05, 3.63) is 169 Å². The Balaban J connectivity index is 1.25. The van der Waals surface area contributed by atoms with Crippen molar-refractivity contribution in [3.63, 3.8) is 0 Å². The van der Waals surface area contributed by atoms with E-state index in [0.717, 1.165) is 45.6 Å². The lowest BCUT2D eigenvalue weighted by atomic mass is 9.93. The van der Waals surface area contributed by atoms with E-state index in [-0.39, 0.29) is 0 Å². The molecule has 0 bridgehead atoms. The maximum atomic E-state index is 5.31. The lowest BCUT2D eigenvalue weighted by Gasteiger charge is -2.11. The third-order valence-electron chi connectivity index (χ3n) is 9.38. The zero-order chi connectivity index (χ0) is 33.2. The van der Waals surface area contributed by atoms with Crippen molar-refractivity contribution >= 4 is 21.6 Å². The molecule has 2 aromatic heterocycles. The normalized spacial score (nSPS) is 11.2. The molecule has 2 nitrogen and oxygen atoms in total. The van der Waals surface area contributed by atoms with E-state index in [4.69, 9.17) is 4.98 Å². The van der Waals surface area contributed by atoms with Gasteiger partial charge in [-0.15, -0.1) is 11.3 Å². The van der Waals surface area contributed by atoms with Crippen LogP contribution in [0.2, 0.25) is 0 Å². The minimum atomic E-state index is 1.02. The van der Waals surface area contributed by atoms with Crippen LogP contribution in [0.25, 0.3) is 76.4 Å². The number of aryl methyl sites for hydroxylation is 2. The molecular weight excluding hydrogens is 613 g/mol. The molecule has 8 rings (SSSR count). The summed E-state index contributed by atoms with van der Waals surface area (Å²) in [6, 6.07) is 53.1. The van der Waals surface area contributed by atoms with Crippen molar-refractivity contribution in [2.45, 2.75) is 26.7 Å².